The minimum absolute atomic E-state index is 0.131. The number of Topliss-reactive ketones (excluding diaryl/α,β-unsaturated/α-hetero) is 1. The van der Waals surface area contributed by atoms with E-state index in [4.69, 9.17) is 4.74 Å². The van der Waals surface area contributed by atoms with E-state index in [2.05, 4.69) is 0 Å². The summed E-state index contributed by atoms with van der Waals surface area (Å²) in [4.78, 5) is 29.8. The molecule has 142 valence electrons. The molecule has 27 heavy (non-hydrogen) atoms. The molecular formula is C20H22N2O4S. The van der Waals surface area contributed by atoms with Crippen molar-refractivity contribution in [2.24, 2.45) is 0 Å². The molecule has 2 aromatic rings. The second-order valence-corrected chi connectivity index (χ2v) is 7.49. The molecule has 1 unspecified atom stereocenters. The average Bonchev–Trinajstić information content (AvgIpc) is 3.28. The van der Waals surface area contributed by atoms with Gasteiger partial charge in [-0.05, 0) is 43.2 Å². The molecule has 2 heterocycles. The summed E-state index contributed by atoms with van der Waals surface area (Å²) in [6, 6.07) is 10.1. The number of carbonyl (C=O) groups excluding carboxylic acids is 2. The van der Waals surface area contributed by atoms with Crippen molar-refractivity contribution in [3.63, 3.8) is 0 Å². The Labute approximate surface area is 162 Å². The quantitative estimate of drug-likeness (QED) is 0.741. The second-order valence-electron chi connectivity index (χ2n) is 6.55. The van der Waals surface area contributed by atoms with Crippen molar-refractivity contribution < 1.29 is 19.4 Å². The van der Waals surface area contributed by atoms with Crippen molar-refractivity contribution in [3.05, 3.63) is 63.6 Å². The maximum absolute atomic E-state index is 13.0. The number of ether oxygens (including phenoxy) is 1. The number of aliphatic hydroxyl groups is 1. The number of hydrogen-bond donors (Lipinski definition) is 1. The Kier molecular flexibility index (Phi) is 5.62. The molecule has 1 aliphatic rings. The average molecular weight is 386 g/mol. The number of aliphatic hydroxyl groups excluding tert-OH is 1. The first-order valence-electron chi connectivity index (χ1n) is 8.55. The Morgan fingerprint density at radius 2 is 1.96 bits per heavy atom. The van der Waals surface area contributed by atoms with Gasteiger partial charge in [0.2, 0.25) is 5.78 Å². The lowest BCUT2D eigenvalue weighted by Gasteiger charge is -2.28. The van der Waals surface area contributed by atoms with Crippen molar-refractivity contribution in [1.29, 1.82) is 0 Å². The van der Waals surface area contributed by atoms with E-state index < -0.39 is 17.7 Å². The minimum atomic E-state index is -0.627. The molecule has 7 heteroatoms. The number of benzene rings is 1. The first kappa shape index (κ1) is 19.1. The van der Waals surface area contributed by atoms with Crippen LogP contribution in [-0.4, -0.2) is 60.9 Å². The number of rotatable bonds is 7. The lowest BCUT2D eigenvalue weighted by Crippen LogP contribution is -2.36. The van der Waals surface area contributed by atoms with Crippen LogP contribution >= 0.6 is 11.3 Å². The molecule has 1 aromatic carbocycles. The Morgan fingerprint density at radius 3 is 2.52 bits per heavy atom. The van der Waals surface area contributed by atoms with Crippen LogP contribution in [-0.2, 0) is 4.79 Å². The lowest BCUT2D eigenvalue weighted by molar-refractivity contribution is -0.129. The van der Waals surface area contributed by atoms with Gasteiger partial charge in [0, 0.05) is 13.1 Å². The van der Waals surface area contributed by atoms with Gasteiger partial charge in [-0.3, -0.25) is 9.59 Å². The van der Waals surface area contributed by atoms with E-state index in [1.165, 1.54) is 11.3 Å². The van der Waals surface area contributed by atoms with E-state index in [9.17, 15) is 14.7 Å². The van der Waals surface area contributed by atoms with Crippen LogP contribution in [0.4, 0.5) is 0 Å². The van der Waals surface area contributed by atoms with Gasteiger partial charge in [-0.1, -0.05) is 18.2 Å². The molecule has 0 radical (unpaired) electrons. The predicted octanol–water partition coefficient (Wildman–Crippen LogP) is 2.90. The Bertz CT molecular complexity index is 857. The molecule has 0 spiro atoms. The van der Waals surface area contributed by atoms with Gasteiger partial charge in [-0.25, -0.2) is 0 Å². The Balaban J connectivity index is 2.04. The van der Waals surface area contributed by atoms with Crippen LogP contribution in [0, 0.1) is 0 Å². The van der Waals surface area contributed by atoms with Crippen LogP contribution in [0.3, 0.4) is 0 Å². The van der Waals surface area contributed by atoms with E-state index in [-0.39, 0.29) is 11.4 Å². The van der Waals surface area contributed by atoms with Gasteiger partial charge >= 0.3 is 0 Å². The molecule has 1 amide bonds. The fourth-order valence-electron chi connectivity index (χ4n) is 3.10. The van der Waals surface area contributed by atoms with Crippen LogP contribution < -0.4 is 4.74 Å². The highest BCUT2D eigenvalue weighted by atomic mass is 32.1. The molecule has 0 saturated carbocycles. The number of hydrogen-bond acceptors (Lipinski definition) is 6. The second kappa shape index (κ2) is 7.94. The van der Waals surface area contributed by atoms with Crippen LogP contribution in [0.5, 0.6) is 5.75 Å². The Hall–Kier alpha value is -2.64. The van der Waals surface area contributed by atoms with Crippen molar-refractivity contribution >= 4 is 23.0 Å². The normalized spacial score (nSPS) is 17.1. The van der Waals surface area contributed by atoms with Crippen molar-refractivity contribution in [3.8, 4) is 5.75 Å². The van der Waals surface area contributed by atoms with Gasteiger partial charge in [0.1, 0.15) is 5.75 Å². The van der Waals surface area contributed by atoms with Gasteiger partial charge in [0.25, 0.3) is 5.91 Å². The zero-order valence-corrected chi connectivity index (χ0v) is 16.3. The van der Waals surface area contributed by atoms with Gasteiger partial charge in [0.05, 0.1) is 23.6 Å². The zero-order valence-electron chi connectivity index (χ0n) is 15.5. The fraction of sp³-hybridized carbons (Fsp3) is 0.300. The first-order chi connectivity index (χ1) is 12.9. The lowest BCUT2D eigenvalue weighted by atomic mass is 9.95. The number of carbonyl (C=O) groups is 2. The summed E-state index contributed by atoms with van der Waals surface area (Å²) in [6.07, 6.45) is 0. The molecule has 3 rings (SSSR count). The Morgan fingerprint density at radius 1 is 1.26 bits per heavy atom. The topological polar surface area (TPSA) is 70.1 Å². The monoisotopic (exact) mass is 386 g/mol. The standard InChI is InChI=1S/C20H22N2O4S/c1-21(2)10-11-22-17(13-6-8-14(26-3)9-7-13)16(19(24)20(22)25)18(23)15-5-4-12-27-15/h4-9,12,17,24H,10-11H2,1-3H3. The maximum atomic E-state index is 13.0. The summed E-state index contributed by atoms with van der Waals surface area (Å²) in [5.74, 6) is -0.614. The zero-order chi connectivity index (χ0) is 19.6. The molecule has 0 aliphatic carbocycles. The van der Waals surface area contributed by atoms with Crippen LogP contribution in [0.1, 0.15) is 21.3 Å². The van der Waals surface area contributed by atoms with E-state index in [1.807, 2.05) is 31.1 Å². The number of nitrogens with zero attached hydrogens (tertiary/aromatic N) is 2. The molecule has 1 atom stereocenters. The maximum Gasteiger partial charge on any atom is 0.290 e. The van der Waals surface area contributed by atoms with Gasteiger partial charge in [-0.15, -0.1) is 11.3 Å². The van der Waals surface area contributed by atoms with Gasteiger partial charge < -0.3 is 19.6 Å². The third-order valence-corrected chi connectivity index (χ3v) is 5.38. The number of likely N-dealkylation sites (N-methyl/N-ethyl adjacent to an activating group) is 1. The molecule has 1 aliphatic heterocycles. The largest absolute Gasteiger partial charge is 0.503 e. The van der Waals surface area contributed by atoms with Crippen molar-refractivity contribution in [1.82, 2.24) is 9.80 Å². The predicted molar refractivity (Wildman–Crippen MR) is 104 cm³/mol. The smallest absolute Gasteiger partial charge is 0.290 e. The third-order valence-electron chi connectivity index (χ3n) is 4.51. The summed E-state index contributed by atoms with van der Waals surface area (Å²) in [6.45, 7) is 1.01. The fourth-order valence-corrected chi connectivity index (χ4v) is 3.78. The minimum Gasteiger partial charge on any atom is -0.503 e. The van der Waals surface area contributed by atoms with Crippen LogP contribution in [0.2, 0.25) is 0 Å². The molecule has 1 N–H and O–H groups in total. The number of methoxy groups -OCH3 is 1. The first-order valence-corrected chi connectivity index (χ1v) is 9.43. The highest BCUT2D eigenvalue weighted by molar-refractivity contribution is 7.12. The van der Waals surface area contributed by atoms with Gasteiger partial charge in [-0.2, -0.15) is 0 Å². The van der Waals surface area contributed by atoms with Crippen molar-refractivity contribution in [2.45, 2.75) is 6.04 Å². The molecule has 6 nitrogen and oxygen atoms in total. The molecule has 1 aromatic heterocycles. The van der Waals surface area contributed by atoms with E-state index >= 15 is 0 Å². The SMILES string of the molecule is COc1ccc(C2C(C(=O)c3cccs3)=C(O)C(=O)N2CCN(C)C)cc1. The summed E-state index contributed by atoms with van der Waals surface area (Å²) in [5, 5.41) is 12.3. The summed E-state index contributed by atoms with van der Waals surface area (Å²) in [7, 11) is 5.40. The van der Waals surface area contributed by atoms with Crippen LogP contribution in [0.15, 0.2) is 53.1 Å². The van der Waals surface area contributed by atoms with Crippen molar-refractivity contribution in [2.75, 3.05) is 34.3 Å². The van der Waals surface area contributed by atoms with E-state index in [0.717, 1.165) is 5.56 Å². The molecule has 0 saturated heterocycles. The summed E-state index contributed by atoms with van der Waals surface area (Å²) < 4.78 is 5.20. The molecular weight excluding hydrogens is 364 g/mol. The summed E-state index contributed by atoms with van der Waals surface area (Å²) >= 11 is 1.29. The number of thiophene rings is 1. The molecule has 0 fully saturated rings. The molecule has 0 bridgehead atoms. The number of ketones is 1. The third kappa shape index (κ3) is 3.74. The van der Waals surface area contributed by atoms with E-state index in [1.54, 1.807) is 41.7 Å². The highest BCUT2D eigenvalue weighted by Crippen LogP contribution is 2.39. The highest BCUT2D eigenvalue weighted by Gasteiger charge is 2.43. The number of amides is 1. The van der Waals surface area contributed by atoms with Crippen LogP contribution in [0.25, 0.3) is 0 Å². The van der Waals surface area contributed by atoms with Gasteiger partial charge in [0.15, 0.2) is 5.76 Å². The summed E-state index contributed by atoms with van der Waals surface area (Å²) in [5.41, 5.74) is 0.887. The van der Waals surface area contributed by atoms with E-state index in [0.29, 0.717) is 23.7 Å².